The molecule has 0 saturated carbocycles. The van der Waals surface area contributed by atoms with E-state index in [1.165, 1.54) is 0 Å². The van der Waals surface area contributed by atoms with Crippen LogP contribution in [-0.4, -0.2) is 4.98 Å². The third kappa shape index (κ3) is 2.23. The van der Waals surface area contributed by atoms with Gasteiger partial charge in [0, 0.05) is 33.0 Å². The first kappa shape index (κ1) is 12.9. The Morgan fingerprint density at radius 1 is 1.00 bits per heavy atom. The summed E-state index contributed by atoms with van der Waals surface area (Å²) in [5, 5.41) is 4.36. The van der Waals surface area contributed by atoms with Crippen LogP contribution in [0.1, 0.15) is 5.89 Å². The van der Waals surface area contributed by atoms with Crippen LogP contribution in [0.5, 0.6) is 5.75 Å². The molecule has 5 heteroatoms. The Labute approximate surface area is 129 Å². The second-order valence-corrected chi connectivity index (χ2v) is 4.18. The van der Waals surface area contributed by atoms with Crippen molar-refractivity contribution in [2.75, 3.05) is 0 Å². The van der Waals surface area contributed by atoms with Crippen molar-refractivity contribution >= 4 is 22.9 Å². The zero-order valence-corrected chi connectivity index (χ0v) is 12.5. The minimum Gasteiger partial charge on any atom is -0.624 e. The van der Waals surface area contributed by atoms with E-state index in [4.69, 9.17) is 9.15 Å². The van der Waals surface area contributed by atoms with Crippen LogP contribution < -0.4 is 4.74 Å². The Kier molecular flexibility index (Phi) is 3.33. The van der Waals surface area contributed by atoms with E-state index in [1.54, 1.807) is 6.08 Å². The van der Waals surface area contributed by atoms with Crippen LogP contribution in [0.4, 0.5) is 5.69 Å². The second kappa shape index (κ2) is 5.14. The Morgan fingerprint density at radius 3 is 2.65 bits per heavy atom. The van der Waals surface area contributed by atoms with E-state index in [0.717, 1.165) is 22.5 Å². The molecular formula is C15H9N2O2Pt-. The number of oxazole rings is 1. The first-order valence-electron chi connectivity index (χ1n) is 5.94. The maximum atomic E-state index is 5.60. The second-order valence-electron chi connectivity index (χ2n) is 4.18. The maximum Gasteiger partial charge on any atom is 0.221 e. The standard InChI is InChI=1S/C15H9N2O2.Pt/c1-3-7-12-10(5-1)16-14(18-12)9-15-17-11-6-2-4-8-13(11)19-15;/h1-9H;/q-1;/b14-9+;. The van der Waals surface area contributed by atoms with Crippen LogP contribution in [0.2, 0.25) is 0 Å². The summed E-state index contributed by atoms with van der Waals surface area (Å²) in [5.74, 6) is 1.74. The molecule has 0 amide bonds. The predicted molar refractivity (Wildman–Crippen MR) is 72.1 cm³/mol. The quantitative estimate of drug-likeness (QED) is 0.565. The molecule has 0 atom stereocenters. The maximum absolute atomic E-state index is 5.60. The van der Waals surface area contributed by atoms with E-state index in [9.17, 15) is 0 Å². The zero-order chi connectivity index (χ0) is 12.7. The van der Waals surface area contributed by atoms with E-state index in [-0.39, 0.29) is 21.1 Å². The fraction of sp³-hybridized carbons (Fsp3) is 0. The molecule has 2 heterocycles. The van der Waals surface area contributed by atoms with Crippen LogP contribution in [0.15, 0.2) is 58.8 Å². The van der Waals surface area contributed by atoms with Gasteiger partial charge in [0.2, 0.25) is 5.89 Å². The van der Waals surface area contributed by atoms with Crippen molar-refractivity contribution in [3.05, 3.63) is 65.6 Å². The Morgan fingerprint density at radius 2 is 1.80 bits per heavy atom. The summed E-state index contributed by atoms with van der Waals surface area (Å²) in [6, 6.07) is 15.2. The van der Waals surface area contributed by atoms with Crippen molar-refractivity contribution in [1.82, 2.24) is 4.98 Å². The molecule has 0 aliphatic carbocycles. The predicted octanol–water partition coefficient (Wildman–Crippen LogP) is 4.22. The largest absolute Gasteiger partial charge is 0.624 e. The molecule has 1 aromatic heterocycles. The van der Waals surface area contributed by atoms with Gasteiger partial charge in [-0.15, -0.1) is 0 Å². The molecule has 0 radical (unpaired) electrons. The molecule has 0 unspecified atom stereocenters. The van der Waals surface area contributed by atoms with Gasteiger partial charge in [0.25, 0.3) is 0 Å². The smallest absolute Gasteiger partial charge is 0.221 e. The van der Waals surface area contributed by atoms with E-state index in [0.29, 0.717) is 11.8 Å². The number of hydrogen-bond acceptors (Lipinski definition) is 3. The monoisotopic (exact) mass is 444 g/mol. The van der Waals surface area contributed by atoms with E-state index < -0.39 is 0 Å². The van der Waals surface area contributed by atoms with Gasteiger partial charge in [0.1, 0.15) is 11.3 Å². The molecule has 0 fully saturated rings. The fourth-order valence-electron chi connectivity index (χ4n) is 2.01. The van der Waals surface area contributed by atoms with Crippen LogP contribution >= 0.6 is 0 Å². The van der Waals surface area contributed by atoms with Crippen LogP contribution in [-0.2, 0) is 21.1 Å². The van der Waals surface area contributed by atoms with E-state index in [2.05, 4.69) is 10.3 Å². The van der Waals surface area contributed by atoms with E-state index >= 15 is 0 Å². The summed E-state index contributed by atoms with van der Waals surface area (Å²) < 4.78 is 11.2. The molecule has 4 rings (SSSR count). The summed E-state index contributed by atoms with van der Waals surface area (Å²) >= 11 is 0. The van der Waals surface area contributed by atoms with Gasteiger partial charge >= 0.3 is 0 Å². The summed E-state index contributed by atoms with van der Waals surface area (Å²) in [5.41, 5.74) is 2.40. The van der Waals surface area contributed by atoms with Crippen molar-refractivity contribution < 1.29 is 30.2 Å². The molecule has 20 heavy (non-hydrogen) atoms. The van der Waals surface area contributed by atoms with Gasteiger partial charge in [-0.2, -0.15) is 0 Å². The average Bonchev–Trinajstić information content (AvgIpc) is 3.00. The summed E-state index contributed by atoms with van der Waals surface area (Å²) in [7, 11) is 0. The van der Waals surface area contributed by atoms with Gasteiger partial charge in [0.05, 0.1) is 0 Å². The first-order valence-corrected chi connectivity index (χ1v) is 5.94. The molecule has 0 bridgehead atoms. The van der Waals surface area contributed by atoms with Crippen LogP contribution in [0.25, 0.3) is 22.5 Å². The van der Waals surface area contributed by atoms with Crippen LogP contribution in [0.3, 0.4) is 0 Å². The number of ether oxygens (including phenoxy) is 1. The van der Waals surface area contributed by atoms with Crippen molar-refractivity contribution in [2.45, 2.75) is 0 Å². The third-order valence-corrected chi connectivity index (χ3v) is 2.87. The van der Waals surface area contributed by atoms with Gasteiger partial charge in [0.15, 0.2) is 5.58 Å². The fourth-order valence-corrected chi connectivity index (χ4v) is 2.01. The van der Waals surface area contributed by atoms with Gasteiger partial charge in [-0.25, -0.2) is 4.98 Å². The molecule has 1 aliphatic heterocycles. The normalized spacial score (nSPS) is 14.5. The van der Waals surface area contributed by atoms with E-state index in [1.807, 2.05) is 48.5 Å². The first-order chi connectivity index (χ1) is 9.38. The van der Waals surface area contributed by atoms with Gasteiger partial charge < -0.3 is 14.5 Å². The average molecular weight is 444 g/mol. The molecule has 0 N–H and O–H groups in total. The number of aromatic nitrogens is 1. The molecule has 102 valence electrons. The number of hydrogen-bond donors (Lipinski definition) is 0. The number of rotatable bonds is 1. The van der Waals surface area contributed by atoms with Crippen molar-refractivity contribution in [2.24, 2.45) is 0 Å². The topological polar surface area (TPSA) is 49.4 Å². The molecular weight excluding hydrogens is 435 g/mol. The molecule has 1 aliphatic rings. The van der Waals surface area contributed by atoms with Gasteiger partial charge in [-0.05, 0) is 18.2 Å². The molecule has 3 aromatic rings. The third-order valence-electron chi connectivity index (χ3n) is 2.87. The van der Waals surface area contributed by atoms with Gasteiger partial charge in [-0.1, -0.05) is 36.0 Å². The number of benzene rings is 2. The minimum absolute atomic E-state index is 0. The SMILES string of the molecule is C(=C1/[N-]c2ccccc2O1)/c1nc2ccccc2o1.[Pt]. The Balaban J connectivity index is 0.00000121. The van der Waals surface area contributed by atoms with Crippen molar-refractivity contribution in [1.29, 1.82) is 0 Å². The molecule has 0 spiro atoms. The Bertz CT molecular complexity index is 735. The van der Waals surface area contributed by atoms with Crippen molar-refractivity contribution in [3.63, 3.8) is 0 Å². The van der Waals surface area contributed by atoms with Gasteiger partial charge in [-0.3, -0.25) is 0 Å². The number of para-hydroxylation sites is 4. The number of nitrogens with zero attached hydrogens (tertiary/aromatic N) is 2. The van der Waals surface area contributed by atoms with Crippen LogP contribution in [0, 0.1) is 0 Å². The molecule has 2 aromatic carbocycles. The molecule has 4 nitrogen and oxygen atoms in total. The molecule has 0 saturated heterocycles. The Hall–Kier alpha value is -2.06. The van der Waals surface area contributed by atoms with Crippen molar-refractivity contribution in [3.8, 4) is 5.75 Å². The minimum atomic E-state index is 0. The number of fused-ring (bicyclic) bond motifs is 2. The summed E-state index contributed by atoms with van der Waals surface area (Å²) in [6.07, 6.45) is 1.69. The summed E-state index contributed by atoms with van der Waals surface area (Å²) in [6.45, 7) is 0. The summed E-state index contributed by atoms with van der Waals surface area (Å²) in [4.78, 5) is 4.36. The zero-order valence-electron chi connectivity index (χ0n) is 10.2.